The molecule has 0 saturated heterocycles. The second kappa shape index (κ2) is 8.98. The number of nitrogens with one attached hydrogen (secondary N) is 2. The van der Waals surface area contributed by atoms with Crippen molar-refractivity contribution in [1.29, 1.82) is 0 Å². The van der Waals surface area contributed by atoms with E-state index in [4.69, 9.17) is 16.3 Å². The highest BCUT2D eigenvalue weighted by Crippen LogP contribution is 2.27. The van der Waals surface area contributed by atoms with Gasteiger partial charge in [0.15, 0.2) is 6.61 Å². The van der Waals surface area contributed by atoms with Gasteiger partial charge >= 0.3 is 5.97 Å². The Balaban J connectivity index is 1.73. The second-order valence-corrected chi connectivity index (χ2v) is 5.80. The van der Waals surface area contributed by atoms with Crippen LogP contribution < -0.4 is 10.6 Å². The third-order valence-corrected chi connectivity index (χ3v) is 3.54. The van der Waals surface area contributed by atoms with Crippen LogP contribution in [0, 0.1) is 13.8 Å². The van der Waals surface area contributed by atoms with Crippen LogP contribution in [0.4, 0.5) is 11.6 Å². The van der Waals surface area contributed by atoms with Gasteiger partial charge in [0.05, 0.1) is 17.1 Å². The van der Waals surface area contributed by atoms with Gasteiger partial charge in [0, 0.05) is 18.9 Å². The van der Waals surface area contributed by atoms with E-state index in [0.717, 1.165) is 11.1 Å². The topological polar surface area (TPSA) is 93.2 Å². The lowest BCUT2D eigenvalue weighted by molar-refractivity contribution is -0.147. The fourth-order valence-electron chi connectivity index (χ4n) is 2.13. The van der Waals surface area contributed by atoms with Crippen LogP contribution in [0.3, 0.4) is 0 Å². The number of anilines is 2. The standard InChI is InChI=1S/C17H19ClN4O3/c1-11-8-12(2)16(13(18)9-11)22-14(23)10-25-15(24)4-7-21-17-19-5-3-6-20-17/h3,5-6,8-9H,4,7,10H2,1-2H3,(H,22,23)(H,19,20,21). The first kappa shape index (κ1) is 18.7. The SMILES string of the molecule is Cc1cc(C)c(NC(=O)COC(=O)CCNc2ncccn2)c(Cl)c1. The van der Waals surface area contributed by atoms with Gasteiger partial charge < -0.3 is 15.4 Å². The zero-order valence-electron chi connectivity index (χ0n) is 14.0. The molecular weight excluding hydrogens is 344 g/mol. The van der Waals surface area contributed by atoms with Gasteiger partial charge in [-0.2, -0.15) is 0 Å². The highest BCUT2D eigenvalue weighted by atomic mass is 35.5. The molecule has 2 rings (SSSR count). The minimum Gasteiger partial charge on any atom is -0.456 e. The van der Waals surface area contributed by atoms with Gasteiger partial charge in [0.25, 0.3) is 5.91 Å². The summed E-state index contributed by atoms with van der Waals surface area (Å²) >= 11 is 6.13. The van der Waals surface area contributed by atoms with Crippen molar-refractivity contribution < 1.29 is 14.3 Å². The average Bonchev–Trinajstić information content (AvgIpc) is 2.57. The molecule has 0 aliphatic heterocycles. The fraction of sp³-hybridized carbons (Fsp3) is 0.294. The molecule has 0 aliphatic carbocycles. The summed E-state index contributed by atoms with van der Waals surface area (Å²) < 4.78 is 4.94. The number of ether oxygens (including phenoxy) is 1. The number of halogens is 1. The smallest absolute Gasteiger partial charge is 0.308 e. The molecule has 1 aromatic carbocycles. The van der Waals surface area contributed by atoms with Crippen LogP contribution in [0.15, 0.2) is 30.6 Å². The first-order valence-corrected chi connectivity index (χ1v) is 8.06. The molecule has 0 unspecified atom stereocenters. The Morgan fingerprint density at radius 3 is 2.60 bits per heavy atom. The summed E-state index contributed by atoms with van der Waals surface area (Å²) in [4.78, 5) is 31.5. The minimum atomic E-state index is -0.495. The van der Waals surface area contributed by atoms with Crippen molar-refractivity contribution in [3.8, 4) is 0 Å². The zero-order chi connectivity index (χ0) is 18.2. The van der Waals surface area contributed by atoms with Gasteiger partial charge in [-0.25, -0.2) is 9.97 Å². The van der Waals surface area contributed by atoms with E-state index in [-0.39, 0.29) is 13.0 Å². The molecule has 7 nitrogen and oxygen atoms in total. The second-order valence-electron chi connectivity index (χ2n) is 5.40. The molecular formula is C17H19ClN4O3. The lowest BCUT2D eigenvalue weighted by Gasteiger charge is -2.12. The summed E-state index contributed by atoms with van der Waals surface area (Å²) in [6.45, 7) is 3.70. The van der Waals surface area contributed by atoms with Crippen molar-refractivity contribution in [2.75, 3.05) is 23.8 Å². The van der Waals surface area contributed by atoms with E-state index < -0.39 is 11.9 Å². The van der Waals surface area contributed by atoms with Crippen molar-refractivity contribution >= 4 is 35.1 Å². The molecule has 1 amide bonds. The number of benzene rings is 1. The number of hydrogen-bond acceptors (Lipinski definition) is 6. The minimum absolute atomic E-state index is 0.0931. The Kier molecular flexibility index (Phi) is 6.71. The largest absolute Gasteiger partial charge is 0.456 e. The van der Waals surface area contributed by atoms with Gasteiger partial charge in [-0.15, -0.1) is 0 Å². The highest BCUT2D eigenvalue weighted by Gasteiger charge is 2.12. The molecule has 0 fully saturated rings. The van der Waals surface area contributed by atoms with Crippen molar-refractivity contribution in [3.63, 3.8) is 0 Å². The third-order valence-electron chi connectivity index (χ3n) is 3.24. The average molecular weight is 363 g/mol. The number of rotatable bonds is 7. The molecule has 1 heterocycles. The monoisotopic (exact) mass is 362 g/mol. The summed E-state index contributed by atoms with van der Waals surface area (Å²) in [5.74, 6) is -0.510. The quantitative estimate of drug-likeness (QED) is 0.735. The molecule has 132 valence electrons. The van der Waals surface area contributed by atoms with Gasteiger partial charge in [-0.1, -0.05) is 17.7 Å². The van der Waals surface area contributed by atoms with Crippen molar-refractivity contribution in [3.05, 3.63) is 46.7 Å². The van der Waals surface area contributed by atoms with Gasteiger partial charge in [0.2, 0.25) is 5.95 Å². The number of nitrogens with zero attached hydrogens (tertiary/aromatic N) is 2. The molecule has 0 aliphatic rings. The van der Waals surface area contributed by atoms with E-state index in [1.165, 1.54) is 0 Å². The summed E-state index contributed by atoms with van der Waals surface area (Å²) in [5, 5.41) is 5.99. The van der Waals surface area contributed by atoms with E-state index in [0.29, 0.717) is 23.2 Å². The summed E-state index contributed by atoms with van der Waals surface area (Å²) in [6.07, 6.45) is 3.28. The molecule has 2 N–H and O–H groups in total. The maximum atomic E-state index is 11.9. The maximum absolute atomic E-state index is 11.9. The first-order valence-electron chi connectivity index (χ1n) is 7.69. The molecule has 25 heavy (non-hydrogen) atoms. The first-order chi connectivity index (χ1) is 12.0. The van der Waals surface area contributed by atoms with Crippen LogP contribution in [0.5, 0.6) is 0 Å². The van der Waals surface area contributed by atoms with E-state index in [1.54, 1.807) is 24.5 Å². The Hall–Kier alpha value is -2.67. The Morgan fingerprint density at radius 2 is 1.92 bits per heavy atom. The van der Waals surface area contributed by atoms with Crippen molar-refractivity contribution in [1.82, 2.24) is 9.97 Å². The Labute approximate surface area is 150 Å². The molecule has 0 atom stereocenters. The molecule has 0 spiro atoms. The molecule has 1 aromatic heterocycles. The fourth-order valence-corrected chi connectivity index (χ4v) is 2.50. The Morgan fingerprint density at radius 1 is 1.20 bits per heavy atom. The lowest BCUT2D eigenvalue weighted by atomic mass is 10.1. The normalized spacial score (nSPS) is 10.2. The van der Waals surface area contributed by atoms with Crippen LogP contribution in [-0.4, -0.2) is 35.0 Å². The number of aromatic nitrogens is 2. The molecule has 0 saturated carbocycles. The predicted molar refractivity (Wildman–Crippen MR) is 95.7 cm³/mol. The zero-order valence-corrected chi connectivity index (χ0v) is 14.8. The summed E-state index contributed by atoms with van der Waals surface area (Å²) in [7, 11) is 0. The number of esters is 1. The van der Waals surface area contributed by atoms with Crippen LogP contribution in [-0.2, 0) is 14.3 Å². The molecule has 2 aromatic rings. The number of amides is 1. The van der Waals surface area contributed by atoms with Crippen LogP contribution in [0.25, 0.3) is 0 Å². The van der Waals surface area contributed by atoms with E-state index in [9.17, 15) is 9.59 Å². The van der Waals surface area contributed by atoms with Crippen LogP contribution in [0.2, 0.25) is 5.02 Å². The molecule has 0 bridgehead atoms. The van der Waals surface area contributed by atoms with Gasteiger partial charge in [-0.05, 0) is 37.1 Å². The van der Waals surface area contributed by atoms with Crippen molar-refractivity contribution in [2.45, 2.75) is 20.3 Å². The van der Waals surface area contributed by atoms with E-state index in [1.807, 2.05) is 19.9 Å². The number of aryl methyl sites for hydroxylation is 2. The van der Waals surface area contributed by atoms with E-state index in [2.05, 4.69) is 20.6 Å². The van der Waals surface area contributed by atoms with Gasteiger partial charge in [-0.3, -0.25) is 9.59 Å². The van der Waals surface area contributed by atoms with Gasteiger partial charge in [0.1, 0.15) is 0 Å². The Bertz CT molecular complexity index is 730. The third kappa shape index (κ3) is 6.04. The summed E-state index contributed by atoms with van der Waals surface area (Å²) in [5.41, 5.74) is 2.37. The number of carbonyl (C=O) groups is 2. The number of carbonyl (C=O) groups excluding carboxylic acids is 2. The van der Waals surface area contributed by atoms with Crippen LogP contribution >= 0.6 is 11.6 Å². The maximum Gasteiger partial charge on any atom is 0.308 e. The molecule has 0 radical (unpaired) electrons. The number of hydrogen-bond donors (Lipinski definition) is 2. The summed E-state index contributed by atoms with van der Waals surface area (Å²) in [6, 6.07) is 5.36. The van der Waals surface area contributed by atoms with Crippen LogP contribution in [0.1, 0.15) is 17.5 Å². The van der Waals surface area contributed by atoms with E-state index >= 15 is 0 Å². The lowest BCUT2D eigenvalue weighted by Crippen LogP contribution is -2.22. The predicted octanol–water partition coefficient (Wildman–Crippen LogP) is 2.73. The van der Waals surface area contributed by atoms with Crippen molar-refractivity contribution in [2.24, 2.45) is 0 Å². The highest BCUT2D eigenvalue weighted by molar-refractivity contribution is 6.34. The molecule has 8 heteroatoms.